The van der Waals surface area contributed by atoms with E-state index in [4.69, 9.17) is 10.6 Å². The number of nitrogen functional groups attached to an aromatic ring is 1. The Morgan fingerprint density at radius 1 is 1.19 bits per heavy atom. The fourth-order valence-electron chi connectivity index (χ4n) is 1.89. The molecule has 1 aromatic carbocycles. The van der Waals surface area contributed by atoms with Crippen molar-refractivity contribution in [3.63, 3.8) is 0 Å². The maximum Gasteiger partial charge on any atom is 0.241 e. The van der Waals surface area contributed by atoms with Crippen LogP contribution in [0.1, 0.15) is 0 Å². The van der Waals surface area contributed by atoms with Gasteiger partial charge in [-0.3, -0.25) is 10.5 Å². The molecule has 0 radical (unpaired) electrons. The number of para-hydroxylation sites is 1. The van der Waals surface area contributed by atoms with Gasteiger partial charge >= 0.3 is 0 Å². The van der Waals surface area contributed by atoms with Crippen LogP contribution in [0.25, 0.3) is 11.0 Å². The first kappa shape index (κ1) is 13.1. The molecule has 0 unspecified atom stereocenters. The molecule has 0 saturated heterocycles. The molecular weight excluding hydrogens is 270 g/mol. The molecule has 0 bridgehead atoms. The molecule has 8 nitrogen and oxygen atoms in total. The van der Waals surface area contributed by atoms with Crippen molar-refractivity contribution in [3.8, 4) is 5.75 Å². The van der Waals surface area contributed by atoms with Gasteiger partial charge in [-0.1, -0.05) is 18.2 Å². The number of nitrogens with two attached hydrogens (primary N) is 1. The number of nitrogens with zero attached hydrogens (tertiary/aromatic N) is 3. The minimum Gasteiger partial charge on any atom is -0.492 e. The fourth-order valence-corrected chi connectivity index (χ4v) is 1.89. The van der Waals surface area contributed by atoms with Gasteiger partial charge < -0.3 is 10.1 Å². The molecule has 0 aliphatic heterocycles. The molecule has 0 aliphatic carbocycles. The summed E-state index contributed by atoms with van der Waals surface area (Å²) in [7, 11) is 0. The quantitative estimate of drug-likeness (QED) is 0.305. The number of fused-ring (bicyclic) bond motifs is 1. The molecule has 21 heavy (non-hydrogen) atoms. The molecule has 8 heteroatoms. The number of anilines is 2. The van der Waals surface area contributed by atoms with Gasteiger partial charge in [-0.05, 0) is 12.1 Å². The van der Waals surface area contributed by atoms with Crippen LogP contribution in [0.3, 0.4) is 0 Å². The predicted octanol–water partition coefficient (Wildman–Crippen LogP) is 1.13. The van der Waals surface area contributed by atoms with E-state index in [1.165, 1.54) is 0 Å². The van der Waals surface area contributed by atoms with E-state index in [-0.39, 0.29) is 0 Å². The van der Waals surface area contributed by atoms with Crippen LogP contribution in [0.5, 0.6) is 5.75 Å². The molecule has 2 heterocycles. The minimum atomic E-state index is 0.318. The zero-order valence-electron chi connectivity index (χ0n) is 11.2. The zero-order chi connectivity index (χ0) is 14.5. The third-order valence-electron chi connectivity index (χ3n) is 2.85. The van der Waals surface area contributed by atoms with Crippen LogP contribution in [-0.4, -0.2) is 33.3 Å². The highest BCUT2D eigenvalue weighted by Gasteiger charge is 2.08. The molecule has 108 valence electrons. The number of aromatic amines is 1. The smallest absolute Gasteiger partial charge is 0.241 e. The van der Waals surface area contributed by atoms with Crippen molar-refractivity contribution in [2.75, 3.05) is 23.9 Å². The average Bonchev–Trinajstić information content (AvgIpc) is 3.00. The number of rotatable bonds is 6. The molecule has 0 amide bonds. The van der Waals surface area contributed by atoms with E-state index in [1.54, 1.807) is 6.20 Å². The minimum absolute atomic E-state index is 0.318. The van der Waals surface area contributed by atoms with Gasteiger partial charge in [-0.25, -0.2) is 5.84 Å². The number of ether oxygens (including phenoxy) is 1. The first-order chi connectivity index (χ1) is 10.4. The van der Waals surface area contributed by atoms with E-state index in [0.717, 1.165) is 11.1 Å². The zero-order valence-corrected chi connectivity index (χ0v) is 11.2. The normalized spacial score (nSPS) is 10.5. The van der Waals surface area contributed by atoms with Crippen molar-refractivity contribution < 1.29 is 4.74 Å². The number of aromatic nitrogens is 4. The second-order valence-corrected chi connectivity index (χ2v) is 4.26. The van der Waals surface area contributed by atoms with Crippen molar-refractivity contribution in [2.24, 2.45) is 5.84 Å². The molecular formula is C13H15N7O. The lowest BCUT2D eigenvalue weighted by Gasteiger charge is -2.09. The summed E-state index contributed by atoms with van der Waals surface area (Å²) in [5, 5.41) is 10.7. The molecule has 0 atom stereocenters. The largest absolute Gasteiger partial charge is 0.492 e. The Kier molecular flexibility index (Phi) is 3.79. The van der Waals surface area contributed by atoms with Crippen molar-refractivity contribution in [3.05, 3.63) is 36.5 Å². The van der Waals surface area contributed by atoms with Crippen molar-refractivity contribution in [1.29, 1.82) is 0 Å². The average molecular weight is 285 g/mol. The summed E-state index contributed by atoms with van der Waals surface area (Å²) in [5.41, 5.74) is 3.04. The van der Waals surface area contributed by atoms with Crippen LogP contribution in [0, 0.1) is 0 Å². The van der Waals surface area contributed by atoms with Gasteiger partial charge in [0.1, 0.15) is 18.2 Å². The Hall–Kier alpha value is -2.87. The Morgan fingerprint density at radius 3 is 2.86 bits per heavy atom. The number of nitrogens with one attached hydrogen (secondary N) is 3. The maximum atomic E-state index is 5.61. The summed E-state index contributed by atoms with van der Waals surface area (Å²) in [6.07, 6.45) is 1.66. The molecule has 3 aromatic rings. The predicted molar refractivity (Wildman–Crippen MR) is 79.9 cm³/mol. The lowest BCUT2D eigenvalue weighted by atomic mass is 10.3. The highest BCUT2D eigenvalue weighted by molar-refractivity contribution is 5.86. The Labute approximate surface area is 120 Å². The third-order valence-corrected chi connectivity index (χ3v) is 2.85. The highest BCUT2D eigenvalue weighted by Crippen LogP contribution is 2.19. The van der Waals surface area contributed by atoms with E-state index in [1.807, 2.05) is 30.3 Å². The third kappa shape index (κ3) is 3.00. The van der Waals surface area contributed by atoms with Crippen LogP contribution < -0.4 is 21.3 Å². The summed E-state index contributed by atoms with van der Waals surface area (Å²) in [5.74, 6) is 7.15. The van der Waals surface area contributed by atoms with E-state index >= 15 is 0 Å². The van der Waals surface area contributed by atoms with Crippen LogP contribution in [0.15, 0.2) is 36.5 Å². The van der Waals surface area contributed by atoms with E-state index < -0.39 is 0 Å². The second-order valence-electron chi connectivity index (χ2n) is 4.26. The highest BCUT2D eigenvalue weighted by atomic mass is 16.5. The lowest BCUT2D eigenvalue weighted by Crippen LogP contribution is -2.15. The van der Waals surface area contributed by atoms with Crippen molar-refractivity contribution in [2.45, 2.75) is 0 Å². The van der Waals surface area contributed by atoms with Gasteiger partial charge in [0.05, 0.1) is 18.1 Å². The summed E-state index contributed by atoms with van der Waals surface area (Å²) >= 11 is 0. The number of hydrogen-bond acceptors (Lipinski definition) is 7. The molecule has 0 saturated carbocycles. The second kappa shape index (κ2) is 6.06. The van der Waals surface area contributed by atoms with E-state index in [0.29, 0.717) is 30.6 Å². The van der Waals surface area contributed by atoms with E-state index in [2.05, 4.69) is 30.9 Å². The maximum absolute atomic E-state index is 5.61. The Balaban J connectivity index is 1.63. The van der Waals surface area contributed by atoms with Crippen molar-refractivity contribution >= 4 is 22.8 Å². The SMILES string of the molecule is NNc1nc(NCCOc2ccccc2)c2cn[nH]c2n1. The van der Waals surface area contributed by atoms with Gasteiger partial charge in [0.15, 0.2) is 5.65 Å². The number of hydrazine groups is 1. The number of H-pyrrole nitrogens is 1. The molecule has 0 aliphatic rings. The van der Waals surface area contributed by atoms with Gasteiger partial charge in [-0.15, -0.1) is 0 Å². The first-order valence-corrected chi connectivity index (χ1v) is 6.46. The fraction of sp³-hybridized carbons (Fsp3) is 0.154. The standard InChI is InChI=1S/C13H15N7O/c14-19-13-17-11(10-8-16-20-12(10)18-13)15-6-7-21-9-4-2-1-3-5-9/h1-5,8H,6-7,14H2,(H3,15,16,17,18,19,20). The molecule has 0 fully saturated rings. The summed E-state index contributed by atoms with van der Waals surface area (Å²) < 4.78 is 5.61. The monoisotopic (exact) mass is 285 g/mol. The van der Waals surface area contributed by atoms with Gasteiger partial charge in [0.2, 0.25) is 5.95 Å². The topological polar surface area (TPSA) is 114 Å². The summed E-state index contributed by atoms with van der Waals surface area (Å²) in [4.78, 5) is 8.42. The Morgan fingerprint density at radius 2 is 2.05 bits per heavy atom. The van der Waals surface area contributed by atoms with Crippen molar-refractivity contribution in [1.82, 2.24) is 20.2 Å². The molecule has 0 spiro atoms. The molecule has 3 rings (SSSR count). The van der Waals surface area contributed by atoms with Gasteiger partial charge in [-0.2, -0.15) is 15.1 Å². The molecule has 2 aromatic heterocycles. The summed E-state index contributed by atoms with van der Waals surface area (Å²) in [6.45, 7) is 1.11. The number of benzene rings is 1. The van der Waals surface area contributed by atoms with Crippen LogP contribution in [0.4, 0.5) is 11.8 Å². The van der Waals surface area contributed by atoms with Gasteiger partial charge in [0.25, 0.3) is 0 Å². The van der Waals surface area contributed by atoms with Crippen LogP contribution in [-0.2, 0) is 0 Å². The molecule has 5 N–H and O–H groups in total. The van der Waals surface area contributed by atoms with E-state index in [9.17, 15) is 0 Å². The van der Waals surface area contributed by atoms with Gasteiger partial charge in [0, 0.05) is 0 Å². The number of hydrogen-bond donors (Lipinski definition) is 4. The van der Waals surface area contributed by atoms with Crippen LogP contribution in [0.2, 0.25) is 0 Å². The summed E-state index contributed by atoms with van der Waals surface area (Å²) in [6, 6.07) is 9.64. The lowest BCUT2D eigenvalue weighted by molar-refractivity contribution is 0.333. The Bertz CT molecular complexity index is 713. The first-order valence-electron chi connectivity index (χ1n) is 6.46. The van der Waals surface area contributed by atoms with Crippen LogP contribution >= 0.6 is 0 Å².